The first kappa shape index (κ1) is 14.9. The zero-order valence-electron chi connectivity index (χ0n) is 10.1. The van der Waals surface area contributed by atoms with Gasteiger partial charge in [0.1, 0.15) is 5.75 Å². The summed E-state index contributed by atoms with van der Waals surface area (Å²) in [5.41, 5.74) is 0. The van der Waals surface area contributed by atoms with Crippen LogP contribution in [0, 0.1) is 0 Å². The number of carbonyl (C=O) groups excluding carboxylic acids is 1. The molecule has 0 aliphatic carbocycles. The Bertz CT molecular complexity index is 386. The Morgan fingerprint density at radius 3 is 2.94 bits per heavy atom. The van der Waals surface area contributed by atoms with Crippen LogP contribution in [0.4, 0.5) is 0 Å². The average molecular weight is 318 g/mol. The summed E-state index contributed by atoms with van der Waals surface area (Å²) >= 11 is 3.31. The van der Waals surface area contributed by atoms with Crippen LogP contribution < -0.4 is 10.1 Å². The molecule has 2 N–H and O–H groups in total. The normalized spacial score (nSPS) is 11.9. The highest BCUT2D eigenvalue weighted by Gasteiger charge is 2.11. The number of nitrogens with one attached hydrogen (secondary N) is 1. The molecule has 0 spiro atoms. The molecule has 1 aromatic carbocycles. The fourth-order valence-electron chi connectivity index (χ4n) is 1.32. The number of hydrogen-bond donors (Lipinski definition) is 2. The van der Waals surface area contributed by atoms with E-state index in [0.29, 0.717) is 5.75 Å². The van der Waals surface area contributed by atoms with Crippen LogP contribution in [0.25, 0.3) is 0 Å². The number of aliphatic hydroxyl groups is 1. The first-order chi connectivity index (χ1) is 8.65. The van der Waals surface area contributed by atoms with Crippen LogP contribution in [0.2, 0.25) is 0 Å². The van der Waals surface area contributed by atoms with Gasteiger partial charge < -0.3 is 19.9 Å². The van der Waals surface area contributed by atoms with Crippen LogP contribution >= 0.6 is 15.9 Å². The molecule has 0 fully saturated rings. The number of rotatable bonds is 7. The molecule has 1 aromatic rings. The highest BCUT2D eigenvalue weighted by atomic mass is 79.9. The molecule has 5 nitrogen and oxygen atoms in total. The van der Waals surface area contributed by atoms with Gasteiger partial charge in [-0.2, -0.15) is 0 Å². The lowest BCUT2D eigenvalue weighted by Crippen LogP contribution is -2.42. The molecule has 1 atom stereocenters. The maximum absolute atomic E-state index is 11.5. The average Bonchev–Trinajstić information content (AvgIpc) is 2.36. The number of halogens is 1. The summed E-state index contributed by atoms with van der Waals surface area (Å²) in [6.45, 7) is -0.00768. The fraction of sp³-hybridized carbons (Fsp3) is 0.417. The number of methoxy groups -OCH3 is 1. The molecule has 0 radical (unpaired) electrons. The van der Waals surface area contributed by atoms with E-state index in [1.165, 1.54) is 7.11 Å². The van der Waals surface area contributed by atoms with E-state index in [1.54, 1.807) is 12.1 Å². The zero-order valence-corrected chi connectivity index (χ0v) is 11.6. The molecule has 0 aliphatic rings. The third kappa shape index (κ3) is 5.48. The minimum absolute atomic E-state index is 0.101. The second-order valence-electron chi connectivity index (χ2n) is 3.65. The monoisotopic (exact) mass is 317 g/mol. The predicted molar refractivity (Wildman–Crippen MR) is 70.5 cm³/mol. The topological polar surface area (TPSA) is 67.8 Å². The van der Waals surface area contributed by atoms with E-state index in [9.17, 15) is 4.79 Å². The standard InChI is InChI=1S/C12H16BrNO4/c1-17-7-10(6-15)14-12(16)8-18-11-4-2-3-9(13)5-11/h2-5,10,15H,6-8H2,1H3,(H,14,16). The van der Waals surface area contributed by atoms with Crippen LogP contribution in [-0.2, 0) is 9.53 Å². The first-order valence-corrected chi connectivity index (χ1v) is 6.22. The summed E-state index contributed by atoms with van der Waals surface area (Å²) in [6, 6.07) is 6.81. The Morgan fingerprint density at radius 2 is 2.33 bits per heavy atom. The van der Waals surface area contributed by atoms with E-state index in [2.05, 4.69) is 21.2 Å². The molecular formula is C12H16BrNO4. The molecule has 0 aromatic heterocycles. The third-order valence-electron chi connectivity index (χ3n) is 2.12. The van der Waals surface area contributed by atoms with E-state index in [4.69, 9.17) is 14.6 Å². The molecule has 0 saturated carbocycles. The van der Waals surface area contributed by atoms with Crippen molar-refractivity contribution >= 4 is 21.8 Å². The lowest BCUT2D eigenvalue weighted by Gasteiger charge is -2.15. The molecule has 1 rings (SSSR count). The van der Waals surface area contributed by atoms with Gasteiger partial charge in [-0.15, -0.1) is 0 Å². The number of benzene rings is 1. The molecule has 18 heavy (non-hydrogen) atoms. The number of amides is 1. The van der Waals surface area contributed by atoms with Gasteiger partial charge >= 0.3 is 0 Å². The van der Waals surface area contributed by atoms with Crippen LogP contribution in [0.5, 0.6) is 5.75 Å². The Balaban J connectivity index is 2.36. The summed E-state index contributed by atoms with van der Waals surface area (Å²) in [5.74, 6) is 0.304. The van der Waals surface area contributed by atoms with Gasteiger partial charge in [0.05, 0.1) is 19.3 Å². The third-order valence-corrected chi connectivity index (χ3v) is 2.61. The lowest BCUT2D eigenvalue weighted by atomic mass is 10.3. The van der Waals surface area contributed by atoms with Crippen molar-refractivity contribution in [2.45, 2.75) is 6.04 Å². The Labute approximate surface area is 114 Å². The van der Waals surface area contributed by atoms with Gasteiger partial charge in [0, 0.05) is 11.6 Å². The molecule has 6 heteroatoms. The van der Waals surface area contributed by atoms with Gasteiger partial charge in [0.2, 0.25) is 0 Å². The van der Waals surface area contributed by atoms with E-state index in [0.717, 1.165) is 4.47 Å². The Kier molecular flexibility index (Phi) is 6.70. The smallest absolute Gasteiger partial charge is 0.258 e. The second kappa shape index (κ2) is 8.07. The van der Waals surface area contributed by atoms with Gasteiger partial charge in [-0.3, -0.25) is 4.79 Å². The minimum atomic E-state index is -0.409. The maximum atomic E-state index is 11.5. The first-order valence-electron chi connectivity index (χ1n) is 5.43. The number of hydrogen-bond acceptors (Lipinski definition) is 4. The van der Waals surface area contributed by atoms with Gasteiger partial charge in [-0.25, -0.2) is 0 Å². The fourth-order valence-corrected chi connectivity index (χ4v) is 1.69. The van der Waals surface area contributed by atoms with Crippen molar-refractivity contribution in [1.29, 1.82) is 0 Å². The lowest BCUT2D eigenvalue weighted by molar-refractivity contribution is -0.124. The van der Waals surface area contributed by atoms with Crippen molar-refractivity contribution in [2.75, 3.05) is 26.9 Å². The zero-order chi connectivity index (χ0) is 13.4. The summed E-state index contributed by atoms with van der Waals surface area (Å²) in [5, 5.41) is 11.6. The summed E-state index contributed by atoms with van der Waals surface area (Å²) in [7, 11) is 1.51. The minimum Gasteiger partial charge on any atom is -0.484 e. The van der Waals surface area contributed by atoms with Crippen molar-refractivity contribution in [2.24, 2.45) is 0 Å². The molecule has 0 saturated heterocycles. The van der Waals surface area contributed by atoms with Crippen molar-refractivity contribution in [3.63, 3.8) is 0 Å². The molecule has 0 bridgehead atoms. The van der Waals surface area contributed by atoms with Crippen molar-refractivity contribution in [3.05, 3.63) is 28.7 Å². The van der Waals surface area contributed by atoms with Gasteiger partial charge in [-0.1, -0.05) is 22.0 Å². The van der Waals surface area contributed by atoms with Gasteiger partial charge in [0.25, 0.3) is 5.91 Å². The van der Waals surface area contributed by atoms with Crippen LogP contribution in [0.15, 0.2) is 28.7 Å². The number of ether oxygens (including phenoxy) is 2. The Hall–Kier alpha value is -1.11. The van der Waals surface area contributed by atoms with Gasteiger partial charge in [-0.05, 0) is 18.2 Å². The quantitative estimate of drug-likeness (QED) is 0.785. The van der Waals surface area contributed by atoms with Crippen LogP contribution in [0.3, 0.4) is 0 Å². The second-order valence-corrected chi connectivity index (χ2v) is 4.56. The summed E-state index contributed by atoms with van der Waals surface area (Å²) in [6.07, 6.45) is 0. The largest absolute Gasteiger partial charge is 0.484 e. The van der Waals surface area contributed by atoms with Crippen molar-refractivity contribution in [1.82, 2.24) is 5.32 Å². The SMILES string of the molecule is COCC(CO)NC(=O)COc1cccc(Br)c1. The Morgan fingerprint density at radius 1 is 1.56 bits per heavy atom. The molecule has 100 valence electrons. The molecule has 0 aliphatic heterocycles. The van der Waals surface area contributed by atoms with Crippen molar-refractivity contribution in [3.8, 4) is 5.75 Å². The number of aliphatic hydroxyl groups excluding tert-OH is 1. The summed E-state index contributed by atoms with van der Waals surface area (Å²) in [4.78, 5) is 11.5. The van der Waals surface area contributed by atoms with E-state index in [-0.39, 0.29) is 25.7 Å². The molecule has 0 heterocycles. The predicted octanol–water partition coefficient (Wildman–Crippen LogP) is 0.951. The van der Waals surface area contributed by atoms with E-state index in [1.807, 2.05) is 12.1 Å². The molecular weight excluding hydrogens is 302 g/mol. The number of carbonyl (C=O) groups is 1. The summed E-state index contributed by atoms with van der Waals surface area (Å²) < 4.78 is 11.0. The van der Waals surface area contributed by atoms with Crippen LogP contribution in [0.1, 0.15) is 0 Å². The highest BCUT2D eigenvalue weighted by molar-refractivity contribution is 9.10. The van der Waals surface area contributed by atoms with Crippen LogP contribution in [-0.4, -0.2) is 44.0 Å². The van der Waals surface area contributed by atoms with Gasteiger partial charge in [0.15, 0.2) is 6.61 Å². The molecule has 1 unspecified atom stereocenters. The van der Waals surface area contributed by atoms with E-state index < -0.39 is 6.04 Å². The van der Waals surface area contributed by atoms with E-state index >= 15 is 0 Å². The maximum Gasteiger partial charge on any atom is 0.258 e. The van der Waals surface area contributed by atoms with Crippen molar-refractivity contribution < 1.29 is 19.4 Å². The highest BCUT2D eigenvalue weighted by Crippen LogP contribution is 2.17. The molecule has 1 amide bonds.